The van der Waals surface area contributed by atoms with E-state index in [-0.39, 0.29) is 29.3 Å². The molecule has 42 heavy (non-hydrogen) atoms. The molecule has 4 heterocycles. The van der Waals surface area contributed by atoms with Crippen LogP contribution in [0.25, 0.3) is 16.3 Å². The largest absolute Gasteiger partial charge is 0.379 e. The Bertz CT molecular complexity index is 1770. The first-order valence-corrected chi connectivity index (χ1v) is 17.3. The number of nitrogens with one attached hydrogen (secondary N) is 1. The van der Waals surface area contributed by atoms with E-state index in [4.69, 9.17) is 16.3 Å². The molecule has 1 N–H and O–H groups in total. The van der Waals surface area contributed by atoms with Gasteiger partial charge in [0.1, 0.15) is 0 Å². The summed E-state index contributed by atoms with van der Waals surface area (Å²) in [6.45, 7) is 5.60. The Balaban J connectivity index is 1.36. The van der Waals surface area contributed by atoms with Crippen LogP contribution in [0.1, 0.15) is 22.4 Å². The highest BCUT2D eigenvalue weighted by molar-refractivity contribution is 14.1. The molecule has 2 aliphatic heterocycles. The lowest BCUT2D eigenvalue weighted by Gasteiger charge is -2.26. The zero-order chi connectivity index (χ0) is 29.4. The number of benzene rings is 2. The van der Waals surface area contributed by atoms with Crippen molar-refractivity contribution in [3.05, 3.63) is 83.8 Å². The van der Waals surface area contributed by atoms with Crippen LogP contribution in [-0.4, -0.2) is 79.4 Å². The highest BCUT2D eigenvalue weighted by atomic mass is 127. The van der Waals surface area contributed by atoms with Crippen molar-refractivity contribution in [1.82, 2.24) is 19.5 Å². The maximum Gasteiger partial charge on any atom is 0.224 e. The molecule has 0 aliphatic carbocycles. The smallest absolute Gasteiger partial charge is 0.224 e. The van der Waals surface area contributed by atoms with Crippen molar-refractivity contribution in [2.75, 3.05) is 50.9 Å². The van der Waals surface area contributed by atoms with Crippen molar-refractivity contribution in [2.45, 2.75) is 26.1 Å². The summed E-state index contributed by atoms with van der Waals surface area (Å²) in [4.78, 5) is 31.4. The van der Waals surface area contributed by atoms with E-state index in [1.807, 2.05) is 18.2 Å². The third kappa shape index (κ3) is 6.46. The van der Waals surface area contributed by atoms with Crippen LogP contribution in [0.15, 0.2) is 47.4 Å². The van der Waals surface area contributed by atoms with Crippen LogP contribution < -0.4 is 10.7 Å². The van der Waals surface area contributed by atoms with Crippen molar-refractivity contribution in [2.24, 2.45) is 0 Å². The highest BCUT2D eigenvalue weighted by Gasteiger charge is 2.26. The van der Waals surface area contributed by atoms with Crippen LogP contribution in [0, 0.1) is 3.57 Å². The molecule has 2 fully saturated rings. The van der Waals surface area contributed by atoms with Gasteiger partial charge in [-0.1, -0.05) is 23.7 Å². The summed E-state index contributed by atoms with van der Waals surface area (Å²) in [6.07, 6.45) is 1.76. The fraction of sp³-hybridized carbons (Fsp3) is 0.400. The van der Waals surface area contributed by atoms with Crippen molar-refractivity contribution >= 4 is 66.2 Å². The van der Waals surface area contributed by atoms with E-state index in [1.165, 1.54) is 0 Å². The second-order valence-electron chi connectivity index (χ2n) is 11.1. The molecule has 2 aliphatic rings. The van der Waals surface area contributed by atoms with Crippen LogP contribution in [0.4, 0.5) is 0 Å². The molecule has 4 aromatic rings. The summed E-state index contributed by atoms with van der Waals surface area (Å²) in [5.41, 5.74) is 4.10. The molecule has 0 saturated carbocycles. The molecule has 9 nitrogen and oxygen atoms in total. The lowest BCUT2D eigenvalue weighted by molar-refractivity contribution is -0.120. The molecule has 2 aromatic carbocycles. The standard InChI is InChI=1S/C30H32ClIN4O5S/c31-23-3-1-20(2-4-23)16-33-27(37)15-22-18-36-26(19-35-7-11-42(39,40)12-8-35)28(32)24-13-21(14-25(29(24)36)30(22)38)17-34-5-9-41-10-6-34/h1-4,13-14,18H,5-12,15-17,19H2,(H,33,37). The van der Waals surface area contributed by atoms with Gasteiger partial charge in [0.05, 0.1) is 42.4 Å². The Morgan fingerprint density at radius 3 is 2.33 bits per heavy atom. The molecule has 2 saturated heterocycles. The number of sulfone groups is 1. The highest BCUT2D eigenvalue weighted by Crippen LogP contribution is 2.33. The molecular formula is C30H32ClIN4O5S. The van der Waals surface area contributed by atoms with E-state index in [1.54, 1.807) is 18.3 Å². The predicted octanol–water partition coefficient (Wildman–Crippen LogP) is 3.07. The van der Waals surface area contributed by atoms with Gasteiger partial charge < -0.3 is 14.5 Å². The number of hydrogen-bond donors (Lipinski definition) is 1. The maximum atomic E-state index is 13.9. The molecule has 12 heteroatoms. The first-order valence-electron chi connectivity index (χ1n) is 14.0. The Kier molecular flexibility index (Phi) is 8.77. The van der Waals surface area contributed by atoms with Gasteiger partial charge in [0.15, 0.2) is 15.3 Å². The average Bonchev–Trinajstić information content (AvgIpc) is 3.23. The summed E-state index contributed by atoms with van der Waals surface area (Å²) in [6, 6.07) is 11.4. The Hall–Kier alpha value is -2.29. The van der Waals surface area contributed by atoms with Gasteiger partial charge in [0.25, 0.3) is 0 Å². The second-order valence-corrected chi connectivity index (χ2v) is 14.9. The summed E-state index contributed by atoms with van der Waals surface area (Å²) in [7, 11) is -3.00. The van der Waals surface area contributed by atoms with Gasteiger partial charge in [0, 0.05) is 76.9 Å². The number of carbonyl (C=O) groups is 1. The first-order chi connectivity index (χ1) is 20.2. The molecule has 222 valence electrons. The first kappa shape index (κ1) is 29.8. The van der Waals surface area contributed by atoms with Gasteiger partial charge in [-0.3, -0.25) is 19.4 Å². The predicted molar refractivity (Wildman–Crippen MR) is 172 cm³/mol. The summed E-state index contributed by atoms with van der Waals surface area (Å²) < 4.78 is 32.7. The Morgan fingerprint density at radius 1 is 0.952 bits per heavy atom. The molecule has 2 aromatic heterocycles. The molecular weight excluding hydrogens is 691 g/mol. The lowest BCUT2D eigenvalue weighted by atomic mass is 10.0. The zero-order valence-corrected chi connectivity index (χ0v) is 26.8. The summed E-state index contributed by atoms with van der Waals surface area (Å²) in [5, 5.41) is 5.16. The van der Waals surface area contributed by atoms with Crippen molar-refractivity contribution < 1.29 is 17.9 Å². The fourth-order valence-corrected chi connectivity index (χ4v) is 8.00. The molecule has 6 rings (SSSR count). The van der Waals surface area contributed by atoms with E-state index in [2.05, 4.69) is 48.2 Å². The van der Waals surface area contributed by atoms with Gasteiger partial charge >= 0.3 is 0 Å². The van der Waals surface area contributed by atoms with E-state index in [0.29, 0.717) is 61.9 Å². The van der Waals surface area contributed by atoms with Gasteiger partial charge in [0.2, 0.25) is 5.91 Å². The van der Waals surface area contributed by atoms with Gasteiger partial charge in [-0.05, 0) is 58.0 Å². The normalized spacial score (nSPS) is 18.1. The van der Waals surface area contributed by atoms with Crippen molar-refractivity contribution in [3.63, 3.8) is 0 Å². The number of nitrogens with zero attached hydrogens (tertiary/aromatic N) is 3. The van der Waals surface area contributed by atoms with Crippen LogP contribution in [0.2, 0.25) is 5.02 Å². The Morgan fingerprint density at radius 2 is 1.62 bits per heavy atom. The summed E-state index contributed by atoms with van der Waals surface area (Å²) in [5.74, 6) is 0.0523. The van der Waals surface area contributed by atoms with E-state index in [0.717, 1.165) is 44.4 Å². The minimum absolute atomic E-state index is 0.0444. The number of halogens is 2. The molecule has 0 atom stereocenters. The third-order valence-corrected chi connectivity index (χ3v) is 11.2. The van der Waals surface area contributed by atoms with Gasteiger partial charge in [-0.25, -0.2) is 8.42 Å². The number of pyridine rings is 1. The maximum absolute atomic E-state index is 13.9. The number of morpholine rings is 1. The van der Waals surface area contributed by atoms with Crippen molar-refractivity contribution in [1.29, 1.82) is 0 Å². The average molecular weight is 723 g/mol. The number of ether oxygens (including phenoxy) is 1. The fourth-order valence-electron chi connectivity index (χ4n) is 5.76. The Labute approximate surface area is 263 Å². The lowest BCUT2D eigenvalue weighted by Crippen LogP contribution is -2.40. The van der Waals surface area contributed by atoms with E-state index in [9.17, 15) is 18.0 Å². The van der Waals surface area contributed by atoms with Crippen LogP contribution >= 0.6 is 34.2 Å². The minimum atomic E-state index is -3.00. The number of carbonyl (C=O) groups excluding carboxylic acids is 1. The SMILES string of the molecule is O=C(Cc1cn2c(CN3CCS(=O)(=O)CC3)c(I)c3cc(CN4CCOCC4)cc(c1=O)c32)NCc1ccc(Cl)cc1. The topological polar surface area (TPSA) is 100 Å². The molecule has 0 bridgehead atoms. The third-order valence-electron chi connectivity index (χ3n) is 8.09. The molecule has 0 radical (unpaired) electrons. The van der Waals surface area contributed by atoms with E-state index >= 15 is 0 Å². The van der Waals surface area contributed by atoms with Gasteiger partial charge in [-0.2, -0.15) is 0 Å². The number of amides is 1. The van der Waals surface area contributed by atoms with Crippen LogP contribution in [0.3, 0.4) is 0 Å². The van der Waals surface area contributed by atoms with Gasteiger partial charge in [-0.15, -0.1) is 0 Å². The van der Waals surface area contributed by atoms with Crippen LogP contribution in [-0.2, 0) is 45.4 Å². The second kappa shape index (κ2) is 12.4. The number of aromatic nitrogens is 1. The summed E-state index contributed by atoms with van der Waals surface area (Å²) >= 11 is 8.33. The zero-order valence-electron chi connectivity index (χ0n) is 23.1. The minimum Gasteiger partial charge on any atom is -0.379 e. The number of hydrogen-bond acceptors (Lipinski definition) is 7. The molecule has 0 spiro atoms. The monoisotopic (exact) mass is 722 g/mol. The van der Waals surface area contributed by atoms with Crippen molar-refractivity contribution in [3.8, 4) is 0 Å². The van der Waals surface area contributed by atoms with E-state index < -0.39 is 9.84 Å². The molecule has 0 unspecified atom stereocenters. The quantitative estimate of drug-likeness (QED) is 0.279. The number of rotatable bonds is 8. The molecule has 1 amide bonds. The van der Waals surface area contributed by atoms with Crippen LogP contribution in [0.5, 0.6) is 0 Å².